The maximum atomic E-state index is 13.2. The number of fused-ring (bicyclic) bond motifs is 4. The molecule has 0 saturated heterocycles. The first-order valence-electron chi connectivity index (χ1n) is 18.7. The SMILES string of the molecule is COC(=O)CNC(=O)C[C@@](C)(O)CC(=O)O[C@H]1[C@@H](O)C[C@]2(C)C3=C(CC[C@H]2C1(C)C)[C@@]1(C)CC[C@H]([C@H](CO)CC[C@H](O)C(C)(C)O)[C@]1(C)[C@@H](O)C3. The van der Waals surface area contributed by atoms with Gasteiger partial charge in [-0.3, -0.25) is 14.4 Å². The number of carbonyl (C=O) groups is 3. The summed E-state index contributed by atoms with van der Waals surface area (Å²) in [4.78, 5) is 36.9. The molecular formula is C39H65NO11. The summed E-state index contributed by atoms with van der Waals surface area (Å²) in [5.74, 6) is -2.11. The lowest BCUT2D eigenvalue weighted by Gasteiger charge is -2.64. The molecule has 0 aromatic heterocycles. The second-order valence-electron chi connectivity index (χ2n) is 18.3. The summed E-state index contributed by atoms with van der Waals surface area (Å²) < 4.78 is 10.4. The lowest BCUT2D eigenvalue weighted by atomic mass is 9.42. The Morgan fingerprint density at radius 3 is 2.20 bits per heavy atom. The second-order valence-corrected chi connectivity index (χ2v) is 18.3. The van der Waals surface area contributed by atoms with Crippen molar-refractivity contribution in [3.63, 3.8) is 0 Å². The summed E-state index contributed by atoms with van der Waals surface area (Å²) >= 11 is 0. The molecular weight excluding hydrogens is 658 g/mol. The fourth-order valence-corrected chi connectivity index (χ4v) is 11.2. The fraction of sp³-hybridized carbons (Fsp3) is 0.872. The first kappa shape index (κ1) is 41.7. The number of aliphatic hydroxyl groups excluding tert-OH is 4. The van der Waals surface area contributed by atoms with E-state index < -0.39 is 82.6 Å². The lowest BCUT2D eigenvalue weighted by molar-refractivity contribution is -0.198. The Hall–Kier alpha value is -2.09. The third-order valence-corrected chi connectivity index (χ3v) is 14.2. The van der Waals surface area contributed by atoms with Gasteiger partial charge in [0.05, 0.1) is 49.5 Å². The molecule has 4 aliphatic rings. The number of allylic oxidation sites excluding steroid dienone is 1. The minimum atomic E-state index is -1.75. The number of nitrogens with one attached hydrogen (secondary N) is 1. The zero-order chi connectivity index (χ0) is 38.5. The van der Waals surface area contributed by atoms with Gasteiger partial charge < -0.3 is 45.4 Å². The van der Waals surface area contributed by atoms with Crippen LogP contribution in [0.4, 0.5) is 0 Å². The van der Waals surface area contributed by atoms with E-state index in [1.165, 1.54) is 25.2 Å². The summed E-state index contributed by atoms with van der Waals surface area (Å²) in [7, 11) is 1.19. The van der Waals surface area contributed by atoms with Gasteiger partial charge in [0.1, 0.15) is 12.6 Å². The molecule has 2 saturated carbocycles. The maximum absolute atomic E-state index is 13.2. The standard InChI is InChI=1S/C39H65NO11/c1-34(2)27-12-11-24-25(16-29(44)39(8)23(14-15-38(24,39)7)22(21-41)10-13-28(43)35(3,4)48)37(27,6)17-26(42)33(34)51-31(46)19-36(5,49)18-30(45)40-20-32(47)50-9/h22-23,26-29,33,41-44,48-49H,10-21H2,1-9H3,(H,40,45)/t22-,23+,26-,27-,28-,29-,33-,36+,37+,38+,39+/m0/s1. The number of hydrogen-bond donors (Lipinski definition) is 7. The van der Waals surface area contributed by atoms with Crippen molar-refractivity contribution in [1.82, 2.24) is 5.32 Å². The molecule has 292 valence electrons. The van der Waals surface area contributed by atoms with Crippen LogP contribution in [0, 0.1) is 39.4 Å². The number of esters is 2. The second kappa shape index (κ2) is 14.6. The van der Waals surface area contributed by atoms with Crippen molar-refractivity contribution in [1.29, 1.82) is 0 Å². The monoisotopic (exact) mass is 723 g/mol. The highest BCUT2D eigenvalue weighted by atomic mass is 16.6. The van der Waals surface area contributed by atoms with E-state index in [0.717, 1.165) is 25.7 Å². The zero-order valence-electron chi connectivity index (χ0n) is 32.3. The maximum Gasteiger partial charge on any atom is 0.325 e. The van der Waals surface area contributed by atoms with E-state index in [1.54, 1.807) is 13.8 Å². The fourth-order valence-electron chi connectivity index (χ4n) is 11.2. The minimum Gasteiger partial charge on any atom is -0.468 e. The molecule has 51 heavy (non-hydrogen) atoms. The Labute approximate surface area is 303 Å². The molecule has 0 bridgehead atoms. The third kappa shape index (κ3) is 7.65. The number of ether oxygens (including phenoxy) is 2. The summed E-state index contributed by atoms with van der Waals surface area (Å²) in [6.07, 6.45) is 0.551. The van der Waals surface area contributed by atoms with Gasteiger partial charge in [0.25, 0.3) is 0 Å². The van der Waals surface area contributed by atoms with Crippen molar-refractivity contribution < 1.29 is 54.5 Å². The smallest absolute Gasteiger partial charge is 0.325 e. The lowest BCUT2D eigenvalue weighted by Crippen LogP contribution is -2.62. The normalized spacial score (nSPS) is 36.9. The van der Waals surface area contributed by atoms with Gasteiger partial charge >= 0.3 is 11.9 Å². The Kier molecular flexibility index (Phi) is 11.9. The summed E-state index contributed by atoms with van der Waals surface area (Å²) in [6, 6.07) is 0. The Morgan fingerprint density at radius 1 is 0.961 bits per heavy atom. The minimum absolute atomic E-state index is 0.0143. The highest BCUT2D eigenvalue weighted by Gasteiger charge is 2.67. The van der Waals surface area contributed by atoms with Crippen molar-refractivity contribution in [2.24, 2.45) is 39.4 Å². The molecule has 0 aromatic rings. The first-order valence-corrected chi connectivity index (χ1v) is 18.7. The molecule has 1 amide bonds. The Balaban J connectivity index is 1.53. The molecule has 4 aliphatic carbocycles. The zero-order valence-corrected chi connectivity index (χ0v) is 32.3. The van der Waals surface area contributed by atoms with Crippen molar-refractivity contribution >= 4 is 17.8 Å². The topological polar surface area (TPSA) is 203 Å². The number of hydrogen-bond acceptors (Lipinski definition) is 11. The number of aliphatic hydroxyl groups is 6. The van der Waals surface area contributed by atoms with Crippen LogP contribution in [0.15, 0.2) is 11.1 Å². The molecule has 4 rings (SSSR count). The molecule has 0 aliphatic heterocycles. The van der Waals surface area contributed by atoms with E-state index in [-0.39, 0.29) is 36.3 Å². The number of amides is 1. The average Bonchev–Trinajstić information content (AvgIpc) is 3.30. The van der Waals surface area contributed by atoms with Crippen LogP contribution in [0.25, 0.3) is 0 Å². The van der Waals surface area contributed by atoms with Gasteiger partial charge in [0, 0.05) is 17.4 Å². The van der Waals surface area contributed by atoms with E-state index in [1.807, 2.05) is 13.8 Å². The number of methoxy groups -OCH3 is 1. The van der Waals surface area contributed by atoms with Crippen LogP contribution in [0.1, 0.15) is 120 Å². The third-order valence-electron chi connectivity index (χ3n) is 14.2. The summed E-state index contributed by atoms with van der Waals surface area (Å²) in [5.41, 5.74) is -2.47. The predicted octanol–water partition coefficient (Wildman–Crippen LogP) is 2.93. The molecule has 2 fully saturated rings. The highest BCUT2D eigenvalue weighted by molar-refractivity contribution is 5.83. The van der Waals surface area contributed by atoms with E-state index in [0.29, 0.717) is 25.7 Å². The molecule has 0 spiro atoms. The molecule has 11 atom stereocenters. The van der Waals surface area contributed by atoms with Crippen LogP contribution in [-0.2, 0) is 23.9 Å². The largest absolute Gasteiger partial charge is 0.468 e. The van der Waals surface area contributed by atoms with Crippen LogP contribution >= 0.6 is 0 Å². The molecule has 12 nitrogen and oxygen atoms in total. The van der Waals surface area contributed by atoms with Gasteiger partial charge in [-0.1, -0.05) is 45.8 Å². The molecule has 0 aromatic carbocycles. The van der Waals surface area contributed by atoms with Gasteiger partial charge in [0.2, 0.25) is 5.91 Å². The van der Waals surface area contributed by atoms with Crippen LogP contribution in [-0.4, -0.2) is 104 Å². The Bertz CT molecular complexity index is 1350. The number of rotatable bonds is 13. The van der Waals surface area contributed by atoms with E-state index in [9.17, 15) is 45.0 Å². The van der Waals surface area contributed by atoms with Crippen LogP contribution in [0.3, 0.4) is 0 Å². The van der Waals surface area contributed by atoms with Crippen molar-refractivity contribution in [3.8, 4) is 0 Å². The quantitative estimate of drug-likeness (QED) is 0.109. The molecule has 0 unspecified atom stereocenters. The van der Waals surface area contributed by atoms with Crippen molar-refractivity contribution in [2.45, 2.75) is 155 Å². The summed E-state index contributed by atoms with van der Waals surface area (Å²) in [5, 5.41) is 68.5. The molecule has 7 N–H and O–H groups in total. The van der Waals surface area contributed by atoms with Crippen molar-refractivity contribution in [3.05, 3.63) is 11.1 Å². The van der Waals surface area contributed by atoms with Gasteiger partial charge in [-0.2, -0.15) is 0 Å². The van der Waals surface area contributed by atoms with Crippen molar-refractivity contribution in [2.75, 3.05) is 20.3 Å². The Morgan fingerprint density at radius 2 is 1.61 bits per heavy atom. The average molecular weight is 724 g/mol. The van der Waals surface area contributed by atoms with Gasteiger partial charge in [0.15, 0.2) is 0 Å². The predicted molar refractivity (Wildman–Crippen MR) is 189 cm³/mol. The van der Waals surface area contributed by atoms with E-state index in [4.69, 9.17) is 4.74 Å². The highest BCUT2D eigenvalue weighted by Crippen LogP contribution is 2.72. The van der Waals surface area contributed by atoms with E-state index >= 15 is 0 Å². The van der Waals surface area contributed by atoms with Crippen LogP contribution < -0.4 is 5.32 Å². The van der Waals surface area contributed by atoms with Crippen LogP contribution in [0.5, 0.6) is 0 Å². The molecule has 0 radical (unpaired) electrons. The van der Waals surface area contributed by atoms with E-state index in [2.05, 4.69) is 30.8 Å². The molecule has 0 heterocycles. The van der Waals surface area contributed by atoms with Gasteiger partial charge in [-0.15, -0.1) is 0 Å². The summed E-state index contributed by atoms with van der Waals surface area (Å²) in [6.45, 7) is 14.7. The van der Waals surface area contributed by atoms with Crippen LogP contribution in [0.2, 0.25) is 0 Å². The van der Waals surface area contributed by atoms with Gasteiger partial charge in [-0.25, -0.2) is 0 Å². The first-order chi connectivity index (χ1) is 23.4. The van der Waals surface area contributed by atoms with Gasteiger partial charge in [-0.05, 0) is 101 Å². The molecule has 12 heteroatoms. The number of carbonyl (C=O) groups excluding carboxylic acids is 3.